The molecule has 2 aliphatic rings. The topological polar surface area (TPSA) is 47.9 Å². The molecule has 3 rings (SSSR count). The minimum Gasteiger partial charge on any atom is -0.306 e. The molecule has 16 heavy (non-hydrogen) atoms. The summed E-state index contributed by atoms with van der Waals surface area (Å²) in [7, 11) is 0. The van der Waals surface area contributed by atoms with Gasteiger partial charge in [-0.05, 0) is 13.0 Å². The third-order valence-electron chi connectivity index (χ3n) is 2.69. The number of hydrogen-bond donors (Lipinski definition) is 1. The molecule has 2 amide bonds. The van der Waals surface area contributed by atoms with Crippen molar-refractivity contribution < 1.29 is 4.79 Å². The van der Waals surface area contributed by atoms with E-state index in [1.54, 1.807) is 4.03 Å². The summed E-state index contributed by atoms with van der Waals surface area (Å²) in [6.07, 6.45) is -0.260. The van der Waals surface area contributed by atoms with Crippen molar-refractivity contribution >= 4 is 33.7 Å². The molecule has 0 radical (unpaired) electrons. The van der Waals surface area contributed by atoms with Crippen molar-refractivity contribution in [3.05, 3.63) is 29.8 Å². The third-order valence-corrected chi connectivity index (χ3v) is 3.54. The average Bonchev–Trinajstić information content (AvgIpc) is 2.57. The van der Waals surface area contributed by atoms with Gasteiger partial charge in [0.2, 0.25) is 0 Å². The molecule has 0 bridgehead atoms. The van der Waals surface area contributed by atoms with Crippen molar-refractivity contribution in [3.63, 3.8) is 0 Å². The number of aliphatic imine (C=N–C) groups is 1. The number of nitrogens with zero attached hydrogens (tertiary/aromatic N) is 3. The summed E-state index contributed by atoms with van der Waals surface area (Å²) in [5, 5.41) is 4.36. The van der Waals surface area contributed by atoms with Crippen molar-refractivity contribution in [1.82, 2.24) is 9.04 Å². The van der Waals surface area contributed by atoms with E-state index in [-0.39, 0.29) is 12.2 Å². The molecule has 1 N–H and O–H groups in total. The Morgan fingerprint density at radius 3 is 3.00 bits per heavy atom. The van der Waals surface area contributed by atoms with Crippen LogP contribution < -0.4 is 5.32 Å². The number of nitrogens with one attached hydrogen (secondary N) is 1. The zero-order valence-corrected chi connectivity index (χ0v) is 10.1. The molecule has 82 valence electrons. The molecular formula is C10H9BrN4O. The number of hydrogen-bond acceptors (Lipinski definition) is 3. The molecule has 1 atom stereocenters. The first-order chi connectivity index (χ1) is 7.68. The van der Waals surface area contributed by atoms with Crippen LogP contribution in [0.25, 0.3) is 0 Å². The zero-order chi connectivity index (χ0) is 11.3. The van der Waals surface area contributed by atoms with Crippen LogP contribution in [-0.2, 0) is 0 Å². The summed E-state index contributed by atoms with van der Waals surface area (Å²) in [4.78, 5) is 16.3. The van der Waals surface area contributed by atoms with Crippen LogP contribution in [0.4, 0.5) is 10.5 Å². The van der Waals surface area contributed by atoms with Crippen molar-refractivity contribution in [2.24, 2.45) is 4.99 Å². The van der Waals surface area contributed by atoms with Gasteiger partial charge in [0.1, 0.15) is 5.84 Å². The second-order valence-electron chi connectivity index (χ2n) is 3.67. The maximum atomic E-state index is 11.9. The highest BCUT2D eigenvalue weighted by atomic mass is 79.9. The number of urea groups is 1. The summed E-state index contributed by atoms with van der Waals surface area (Å²) in [6, 6.07) is 7.51. The fourth-order valence-corrected chi connectivity index (χ4v) is 2.34. The van der Waals surface area contributed by atoms with E-state index in [9.17, 15) is 4.79 Å². The first kappa shape index (κ1) is 9.65. The van der Waals surface area contributed by atoms with Gasteiger partial charge in [0, 0.05) is 11.3 Å². The maximum Gasteiger partial charge on any atom is 0.343 e. The Morgan fingerprint density at radius 2 is 2.19 bits per heavy atom. The lowest BCUT2D eigenvalue weighted by molar-refractivity contribution is 0.139. The maximum absolute atomic E-state index is 11.9. The van der Waals surface area contributed by atoms with Crippen LogP contribution in [0.5, 0.6) is 0 Å². The molecule has 5 nitrogen and oxygen atoms in total. The van der Waals surface area contributed by atoms with Crippen molar-refractivity contribution in [1.29, 1.82) is 0 Å². The van der Waals surface area contributed by atoms with Crippen LogP contribution in [0.15, 0.2) is 29.3 Å². The molecule has 2 heterocycles. The molecule has 0 fully saturated rings. The average molecular weight is 281 g/mol. The number of carbonyl (C=O) groups is 1. The highest BCUT2D eigenvalue weighted by Crippen LogP contribution is 2.39. The van der Waals surface area contributed by atoms with Gasteiger partial charge in [-0.1, -0.05) is 18.2 Å². The first-order valence-electron chi connectivity index (χ1n) is 4.88. The molecule has 1 aromatic carbocycles. The van der Waals surface area contributed by atoms with Gasteiger partial charge in [-0.25, -0.2) is 9.79 Å². The van der Waals surface area contributed by atoms with Gasteiger partial charge < -0.3 is 5.32 Å². The molecule has 2 aliphatic heterocycles. The smallest absolute Gasteiger partial charge is 0.306 e. The van der Waals surface area contributed by atoms with Gasteiger partial charge in [0.25, 0.3) is 0 Å². The van der Waals surface area contributed by atoms with Crippen molar-refractivity contribution in [2.45, 2.75) is 13.1 Å². The first-order valence-corrected chi connectivity index (χ1v) is 5.59. The van der Waals surface area contributed by atoms with Crippen molar-refractivity contribution in [2.75, 3.05) is 5.32 Å². The minimum absolute atomic E-state index is 0.179. The van der Waals surface area contributed by atoms with Gasteiger partial charge in [0.05, 0.1) is 16.1 Å². The fourth-order valence-electron chi connectivity index (χ4n) is 1.93. The number of rotatable bonds is 0. The molecule has 0 saturated heterocycles. The summed E-state index contributed by atoms with van der Waals surface area (Å²) < 4.78 is 1.59. The number of amidine groups is 1. The van der Waals surface area contributed by atoms with E-state index in [0.717, 1.165) is 17.1 Å². The van der Waals surface area contributed by atoms with Crippen molar-refractivity contribution in [3.8, 4) is 0 Å². The number of amides is 2. The zero-order valence-electron chi connectivity index (χ0n) is 8.51. The SMILES string of the molecule is CC1=NC2c3ccccc3NC(=O)N2N1Br. The van der Waals surface area contributed by atoms with E-state index in [1.807, 2.05) is 31.2 Å². The molecule has 0 aliphatic carbocycles. The monoisotopic (exact) mass is 280 g/mol. The second kappa shape index (κ2) is 3.21. The Labute approximate surface area is 101 Å². The molecule has 0 aromatic heterocycles. The molecule has 0 saturated carbocycles. The number of hydrazine groups is 1. The Hall–Kier alpha value is -1.56. The minimum atomic E-state index is -0.260. The lowest BCUT2D eigenvalue weighted by Crippen LogP contribution is -2.45. The Balaban J connectivity index is 2.14. The Morgan fingerprint density at radius 1 is 1.44 bits per heavy atom. The van der Waals surface area contributed by atoms with E-state index >= 15 is 0 Å². The van der Waals surface area contributed by atoms with E-state index in [4.69, 9.17) is 0 Å². The van der Waals surface area contributed by atoms with Gasteiger partial charge in [-0.15, -0.1) is 0 Å². The molecule has 0 spiro atoms. The fraction of sp³-hybridized carbons (Fsp3) is 0.200. The quantitative estimate of drug-likeness (QED) is 0.743. The predicted octanol–water partition coefficient (Wildman–Crippen LogP) is 2.49. The van der Waals surface area contributed by atoms with Gasteiger partial charge >= 0.3 is 6.03 Å². The van der Waals surface area contributed by atoms with Crippen LogP contribution in [0, 0.1) is 0 Å². The summed E-state index contributed by atoms with van der Waals surface area (Å²) in [6.45, 7) is 1.85. The standard InChI is InChI=1S/C10H9BrN4O/c1-6-12-9-7-4-2-3-5-8(7)13-10(16)14(9)15(6)11/h2-5,9H,1H3,(H,13,16). The number of para-hydroxylation sites is 1. The lowest BCUT2D eigenvalue weighted by atomic mass is 10.1. The highest BCUT2D eigenvalue weighted by molar-refractivity contribution is 9.07. The normalized spacial score (nSPS) is 22.5. The number of anilines is 1. The van der Waals surface area contributed by atoms with Crippen LogP contribution >= 0.6 is 16.1 Å². The largest absolute Gasteiger partial charge is 0.343 e. The third kappa shape index (κ3) is 1.16. The highest BCUT2D eigenvalue weighted by Gasteiger charge is 2.40. The van der Waals surface area contributed by atoms with E-state index in [1.165, 1.54) is 5.01 Å². The van der Waals surface area contributed by atoms with Crippen LogP contribution in [0.3, 0.4) is 0 Å². The van der Waals surface area contributed by atoms with Gasteiger partial charge in [0.15, 0.2) is 6.17 Å². The Kier molecular flexibility index (Phi) is 1.94. The molecule has 1 unspecified atom stereocenters. The van der Waals surface area contributed by atoms with Gasteiger partial charge in [-0.3, -0.25) is 0 Å². The second-order valence-corrected chi connectivity index (χ2v) is 4.34. The Bertz CT molecular complexity index is 501. The van der Waals surface area contributed by atoms with Crippen LogP contribution in [0.1, 0.15) is 18.7 Å². The van der Waals surface area contributed by atoms with E-state index in [0.29, 0.717) is 0 Å². The predicted molar refractivity (Wildman–Crippen MR) is 63.9 cm³/mol. The molecular weight excluding hydrogens is 272 g/mol. The summed E-state index contributed by atoms with van der Waals surface area (Å²) in [5.74, 6) is 0.761. The van der Waals surface area contributed by atoms with Crippen LogP contribution in [-0.4, -0.2) is 20.9 Å². The van der Waals surface area contributed by atoms with Crippen LogP contribution in [0.2, 0.25) is 0 Å². The number of carbonyl (C=O) groups excluding carboxylic acids is 1. The molecule has 1 aromatic rings. The molecule has 6 heteroatoms. The number of benzene rings is 1. The number of fused-ring (bicyclic) bond motifs is 3. The summed E-state index contributed by atoms with van der Waals surface area (Å²) >= 11 is 3.31. The summed E-state index contributed by atoms with van der Waals surface area (Å²) in [5.41, 5.74) is 1.83. The van der Waals surface area contributed by atoms with E-state index in [2.05, 4.69) is 26.5 Å². The van der Waals surface area contributed by atoms with E-state index < -0.39 is 0 Å². The number of halogens is 1. The van der Waals surface area contributed by atoms with Gasteiger partial charge in [-0.2, -0.15) is 9.04 Å². The lowest BCUT2D eigenvalue weighted by Gasteiger charge is -2.33.